The van der Waals surface area contributed by atoms with Crippen LogP contribution in [-0.2, 0) is 4.79 Å². The fourth-order valence-corrected chi connectivity index (χ4v) is 2.14. The molecule has 1 amide bonds. The molecule has 2 aromatic rings. The SMILES string of the molecule is C=CCOc1ccccc1NC(=O)CNC(C)c1ccccc1. The van der Waals surface area contributed by atoms with Crippen LogP contribution in [0.5, 0.6) is 5.75 Å². The topological polar surface area (TPSA) is 50.4 Å². The van der Waals surface area contributed by atoms with Gasteiger partial charge < -0.3 is 15.4 Å². The second-order valence-corrected chi connectivity index (χ2v) is 5.16. The smallest absolute Gasteiger partial charge is 0.238 e. The molecule has 0 aromatic heterocycles. The lowest BCUT2D eigenvalue weighted by Crippen LogP contribution is -2.30. The van der Waals surface area contributed by atoms with E-state index in [-0.39, 0.29) is 18.5 Å². The lowest BCUT2D eigenvalue weighted by atomic mass is 10.1. The highest BCUT2D eigenvalue weighted by Crippen LogP contribution is 2.23. The second-order valence-electron chi connectivity index (χ2n) is 5.16. The van der Waals surface area contributed by atoms with Crippen molar-refractivity contribution in [2.24, 2.45) is 0 Å². The third-order valence-corrected chi connectivity index (χ3v) is 3.39. The predicted molar refractivity (Wildman–Crippen MR) is 93.6 cm³/mol. The van der Waals surface area contributed by atoms with Gasteiger partial charge in [0.05, 0.1) is 12.2 Å². The summed E-state index contributed by atoms with van der Waals surface area (Å²) in [6.07, 6.45) is 1.67. The van der Waals surface area contributed by atoms with Crippen LogP contribution in [0.1, 0.15) is 18.5 Å². The maximum absolute atomic E-state index is 12.1. The number of hydrogen-bond donors (Lipinski definition) is 2. The van der Waals surface area contributed by atoms with Crippen molar-refractivity contribution >= 4 is 11.6 Å². The summed E-state index contributed by atoms with van der Waals surface area (Å²) >= 11 is 0. The van der Waals surface area contributed by atoms with E-state index in [0.717, 1.165) is 5.56 Å². The lowest BCUT2D eigenvalue weighted by molar-refractivity contribution is -0.115. The van der Waals surface area contributed by atoms with Gasteiger partial charge in [-0.15, -0.1) is 0 Å². The molecule has 1 atom stereocenters. The molecule has 0 radical (unpaired) electrons. The molecular formula is C19H22N2O2. The summed E-state index contributed by atoms with van der Waals surface area (Å²) in [4.78, 5) is 12.1. The Hall–Kier alpha value is -2.59. The number of benzene rings is 2. The Morgan fingerprint density at radius 1 is 1.17 bits per heavy atom. The van der Waals surface area contributed by atoms with Crippen LogP contribution in [0.3, 0.4) is 0 Å². The molecule has 4 heteroatoms. The van der Waals surface area contributed by atoms with Crippen LogP contribution in [0.25, 0.3) is 0 Å². The predicted octanol–water partition coefficient (Wildman–Crippen LogP) is 3.54. The van der Waals surface area contributed by atoms with Crippen LogP contribution in [0.2, 0.25) is 0 Å². The van der Waals surface area contributed by atoms with Crippen molar-refractivity contribution in [2.45, 2.75) is 13.0 Å². The largest absolute Gasteiger partial charge is 0.487 e. The first-order valence-electron chi connectivity index (χ1n) is 7.61. The van der Waals surface area contributed by atoms with E-state index in [1.807, 2.05) is 61.5 Å². The van der Waals surface area contributed by atoms with Crippen LogP contribution >= 0.6 is 0 Å². The molecule has 0 aliphatic carbocycles. The van der Waals surface area contributed by atoms with Crippen LogP contribution in [0.15, 0.2) is 67.3 Å². The number of anilines is 1. The van der Waals surface area contributed by atoms with E-state index in [1.54, 1.807) is 6.08 Å². The molecule has 2 rings (SSSR count). The van der Waals surface area contributed by atoms with E-state index in [9.17, 15) is 4.79 Å². The highest BCUT2D eigenvalue weighted by atomic mass is 16.5. The Balaban J connectivity index is 1.89. The lowest BCUT2D eigenvalue weighted by Gasteiger charge is -2.15. The monoisotopic (exact) mass is 310 g/mol. The summed E-state index contributed by atoms with van der Waals surface area (Å²) in [5.41, 5.74) is 1.81. The molecule has 23 heavy (non-hydrogen) atoms. The van der Waals surface area contributed by atoms with Gasteiger partial charge in [-0.3, -0.25) is 4.79 Å². The van der Waals surface area contributed by atoms with Crippen molar-refractivity contribution in [3.8, 4) is 5.75 Å². The normalized spacial score (nSPS) is 11.5. The average molecular weight is 310 g/mol. The Morgan fingerprint density at radius 3 is 2.61 bits per heavy atom. The summed E-state index contributed by atoms with van der Waals surface area (Å²) in [5, 5.41) is 6.08. The van der Waals surface area contributed by atoms with E-state index < -0.39 is 0 Å². The van der Waals surface area contributed by atoms with Crippen molar-refractivity contribution in [1.82, 2.24) is 5.32 Å². The molecule has 0 spiro atoms. The zero-order chi connectivity index (χ0) is 16.5. The summed E-state index contributed by atoms with van der Waals surface area (Å²) in [6, 6.07) is 17.5. The van der Waals surface area contributed by atoms with Crippen molar-refractivity contribution < 1.29 is 9.53 Å². The Morgan fingerprint density at radius 2 is 1.87 bits per heavy atom. The molecule has 2 aromatic carbocycles. The molecule has 4 nitrogen and oxygen atoms in total. The maximum atomic E-state index is 12.1. The number of para-hydroxylation sites is 2. The van der Waals surface area contributed by atoms with Gasteiger partial charge in [0.25, 0.3) is 0 Å². The average Bonchev–Trinajstić information content (AvgIpc) is 2.59. The Kier molecular flexibility index (Phi) is 6.39. The highest BCUT2D eigenvalue weighted by molar-refractivity contribution is 5.93. The fraction of sp³-hybridized carbons (Fsp3) is 0.211. The van der Waals surface area contributed by atoms with Gasteiger partial charge in [-0.1, -0.05) is 55.1 Å². The molecule has 0 aliphatic rings. The number of hydrogen-bond acceptors (Lipinski definition) is 3. The summed E-state index contributed by atoms with van der Waals surface area (Å²) < 4.78 is 5.53. The van der Waals surface area contributed by atoms with Crippen molar-refractivity contribution in [1.29, 1.82) is 0 Å². The molecule has 0 aliphatic heterocycles. The van der Waals surface area contributed by atoms with E-state index in [0.29, 0.717) is 18.0 Å². The van der Waals surface area contributed by atoms with E-state index in [4.69, 9.17) is 4.74 Å². The molecular weight excluding hydrogens is 288 g/mol. The van der Waals surface area contributed by atoms with Gasteiger partial charge in [0.2, 0.25) is 5.91 Å². The number of carbonyl (C=O) groups excluding carboxylic acids is 1. The zero-order valence-corrected chi connectivity index (χ0v) is 13.3. The van der Waals surface area contributed by atoms with E-state index >= 15 is 0 Å². The molecule has 0 saturated heterocycles. The molecule has 0 saturated carbocycles. The Bertz CT molecular complexity index is 641. The summed E-state index contributed by atoms with van der Waals surface area (Å²) in [5.74, 6) is 0.527. The maximum Gasteiger partial charge on any atom is 0.238 e. The number of nitrogens with one attached hydrogen (secondary N) is 2. The number of ether oxygens (including phenoxy) is 1. The quantitative estimate of drug-likeness (QED) is 0.733. The zero-order valence-electron chi connectivity index (χ0n) is 13.3. The van der Waals surface area contributed by atoms with Gasteiger partial charge in [-0.05, 0) is 24.6 Å². The molecule has 1 unspecified atom stereocenters. The van der Waals surface area contributed by atoms with Gasteiger partial charge in [-0.2, -0.15) is 0 Å². The number of carbonyl (C=O) groups is 1. The van der Waals surface area contributed by atoms with E-state index in [2.05, 4.69) is 17.2 Å². The fourth-order valence-electron chi connectivity index (χ4n) is 2.14. The number of rotatable bonds is 8. The summed E-state index contributed by atoms with van der Waals surface area (Å²) in [6.45, 7) is 6.28. The minimum absolute atomic E-state index is 0.106. The van der Waals surface area contributed by atoms with Crippen LogP contribution in [-0.4, -0.2) is 19.1 Å². The first-order valence-corrected chi connectivity index (χ1v) is 7.61. The molecule has 2 N–H and O–H groups in total. The van der Waals surface area contributed by atoms with Crippen molar-refractivity contribution in [3.05, 3.63) is 72.8 Å². The van der Waals surface area contributed by atoms with Gasteiger partial charge in [0.15, 0.2) is 0 Å². The summed E-state index contributed by atoms with van der Waals surface area (Å²) in [7, 11) is 0. The standard InChI is InChI=1S/C19H22N2O2/c1-3-13-23-18-12-8-7-11-17(18)21-19(22)14-20-15(2)16-9-5-4-6-10-16/h3-12,15,20H,1,13-14H2,2H3,(H,21,22). The first-order chi connectivity index (χ1) is 11.2. The molecule has 0 bridgehead atoms. The highest BCUT2D eigenvalue weighted by Gasteiger charge is 2.09. The minimum atomic E-state index is -0.109. The van der Waals surface area contributed by atoms with Gasteiger partial charge in [-0.25, -0.2) is 0 Å². The minimum Gasteiger partial charge on any atom is -0.487 e. The van der Waals surface area contributed by atoms with Crippen molar-refractivity contribution in [3.63, 3.8) is 0 Å². The Labute approximate surface area is 137 Å². The third-order valence-electron chi connectivity index (χ3n) is 3.39. The third kappa shape index (κ3) is 5.27. The van der Waals surface area contributed by atoms with Gasteiger partial charge >= 0.3 is 0 Å². The molecule has 120 valence electrons. The van der Waals surface area contributed by atoms with E-state index in [1.165, 1.54) is 0 Å². The second kappa shape index (κ2) is 8.76. The number of amides is 1. The van der Waals surface area contributed by atoms with Crippen LogP contribution in [0, 0.1) is 0 Å². The van der Waals surface area contributed by atoms with Gasteiger partial charge in [0, 0.05) is 6.04 Å². The van der Waals surface area contributed by atoms with Crippen molar-refractivity contribution in [2.75, 3.05) is 18.5 Å². The first kappa shape index (κ1) is 16.8. The molecule has 0 heterocycles. The molecule has 0 fully saturated rings. The van der Waals surface area contributed by atoms with Crippen LogP contribution in [0.4, 0.5) is 5.69 Å². The van der Waals surface area contributed by atoms with Crippen LogP contribution < -0.4 is 15.4 Å². The van der Waals surface area contributed by atoms with Gasteiger partial charge in [0.1, 0.15) is 12.4 Å².